The van der Waals surface area contributed by atoms with Crippen LogP contribution in [0.25, 0.3) is 22.2 Å². The van der Waals surface area contributed by atoms with Gasteiger partial charge in [0, 0.05) is 35.8 Å². The van der Waals surface area contributed by atoms with Crippen LogP contribution in [0, 0.1) is 0 Å². The van der Waals surface area contributed by atoms with Gasteiger partial charge in [-0.3, -0.25) is 10.1 Å². The summed E-state index contributed by atoms with van der Waals surface area (Å²) in [5.74, 6) is 1.76. The molecule has 0 aliphatic carbocycles. The molecule has 32 heavy (non-hydrogen) atoms. The van der Waals surface area contributed by atoms with E-state index in [4.69, 9.17) is 4.74 Å². The zero-order chi connectivity index (χ0) is 22.1. The molecule has 0 radical (unpaired) electrons. The number of hydrogen-bond acceptors (Lipinski definition) is 6. The standard InChI is InChI=1S/C24H24N6O2/c1-15(2)32-19-7-5-16(6-8-19)23(31)29-24-27-12-18-4-3-17(11-20(18)28-24)21-13-26-22-14-25-9-10-30(21)22/h3-8,11-13,15,25H,9-10,14H2,1-2H3,(H,27,28,29,31). The highest BCUT2D eigenvalue weighted by Crippen LogP contribution is 2.26. The molecule has 2 aromatic heterocycles. The summed E-state index contributed by atoms with van der Waals surface area (Å²) in [5.41, 5.74) is 3.38. The number of rotatable bonds is 5. The molecule has 3 heterocycles. The minimum absolute atomic E-state index is 0.0790. The Kier molecular flexibility index (Phi) is 5.28. The van der Waals surface area contributed by atoms with E-state index in [0.717, 1.165) is 53.4 Å². The first-order chi connectivity index (χ1) is 15.6. The average Bonchev–Trinajstić information content (AvgIpc) is 3.23. The van der Waals surface area contributed by atoms with Gasteiger partial charge in [0.05, 0.1) is 30.1 Å². The number of amides is 1. The van der Waals surface area contributed by atoms with Crippen LogP contribution in [0.1, 0.15) is 30.0 Å². The summed E-state index contributed by atoms with van der Waals surface area (Å²) >= 11 is 0. The first kappa shape index (κ1) is 20.1. The Morgan fingerprint density at radius 1 is 1.12 bits per heavy atom. The van der Waals surface area contributed by atoms with Crippen molar-refractivity contribution >= 4 is 22.8 Å². The van der Waals surface area contributed by atoms with Gasteiger partial charge >= 0.3 is 0 Å². The van der Waals surface area contributed by atoms with E-state index in [1.165, 1.54) is 0 Å². The number of anilines is 1. The highest BCUT2D eigenvalue weighted by molar-refractivity contribution is 6.03. The fraction of sp³-hybridized carbons (Fsp3) is 0.250. The molecule has 8 heteroatoms. The van der Waals surface area contributed by atoms with E-state index in [-0.39, 0.29) is 18.0 Å². The molecule has 5 rings (SSSR count). The van der Waals surface area contributed by atoms with Crippen molar-refractivity contribution < 1.29 is 9.53 Å². The first-order valence-electron chi connectivity index (χ1n) is 10.7. The summed E-state index contributed by atoms with van der Waals surface area (Å²) in [4.78, 5) is 26.0. The number of aromatic nitrogens is 4. The zero-order valence-corrected chi connectivity index (χ0v) is 18.0. The van der Waals surface area contributed by atoms with Crippen LogP contribution in [0.4, 0.5) is 5.95 Å². The predicted octanol–water partition coefficient (Wildman–Crippen LogP) is 3.64. The number of carbonyl (C=O) groups excluding carboxylic acids is 1. The number of carbonyl (C=O) groups is 1. The third-order valence-corrected chi connectivity index (χ3v) is 5.33. The Hall–Kier alpha value is -3.78. The summed E-state index contributed by atoms with van der Waals surface area (Å²) in [5, 5.41) is 7.03. The predicted molar refractivity (Wildman–Crippen MR) is 123 cm³/mol. The number of benzene rings is 2. The van der Waals surface area contributed by atoms with Crippen molar-refractivity contribution in [3.63, 3.8) is 0 Å². The Morgan fingerprint density at radius 2 is 1.97 bits per heavy atom. The van der Waals surface area contributed by atoms with E-state index >= 15 is 0 Å². The fourth-order valence-corrected chi connectivity index (χ4v) is 3.80. The smallest absolute Gasteiger partial charge is 0.258 e. The molecular weight excluding hydrogens is 404 g/mol. The van der Waals surface area contributed by atoms with Crippen LogP contribution in [0.15, 0.2) is 54.9 Å². The van der Waals surface area contributed by atoms with Crippen LogP contribution in [0.2, 0.25) is 0 Å². The van der Waals surface area contributed by atoms with Crippen molar-refractivity contribution in [2.45, 2.75) is 33.0 Å². The molecule has 1 amide bonds. The highest BCUT2D eigenvalue weighted by atomic mass is 16.5. The topological polar surface area (TPSA) is 94.0 Å². The van der Waals surface area contributed by atoms with E-state index < -0.39 is 0 Å². The van der Waals surface area contributed by atoms with E-state index in [2.05, 4.69) is 36.2 Å². The molecule has 0 atom stereocenters. The normalized spacial score (nSPS) is 13.2. The number of nitrogens with zero attached hydrogens (tertiary/aromatic N) is 4. The molecule has 0 fully saturated rings. The maximum Gasteiger partial charge on any atom is 0.258 e. The summed E-state index contributed by atoms with van der Waals surface area (Å²) < 4.78 is 7.86. The Balaban J connectivity index is 1.38. The van der Waals surface area contributed by atoms with E-state index in [9.17, 15) is 4.79 Å². The number of ether oxygens (including phenoxy) is 1. The van der Waals surface area contributed by atoms with Gasteiger partial charge in [0.15, 0.2) is 0 Å². The lowest BCUT2D eigenvalue weighted by atomic mass is 10.1. The summed E-state index contributed by atoms with van der Waals surface area (Å²) in [6.07, 6.45) is 3.70. The van der Waals surface area contributed by atoms with E-state index in [0.29, 0.717) is 5.56 Å². The molecule has 0 spiro atoms. The number of hydrogen-bond donors (Lipinski definition) is 2. The van der Waals surface area contributed by atoms with Crippen molar-refractivity contribution in [1.29, 1.82) is 0 Å². The molecule has 0 saturated carbocycles. The SMILES string of the molecule is CC(C)Oc1ccc(C(=O)Nc2ncc3ccc(-c4cnc5n4CCNC5)cc3n2)cc1. The molecular formula is C24H24N6O2. The van der Waals surface area contributed by atoms with Crippen LogP contribution in [-0.4, -0.2) is 38.1 Å². The van der Waals surface area contributed by atoms with Crippen LogP contribution in [0.5, 0.6) is 5.75 Å². The van der Waals surface area contributed by atoms with Crippen molar-refractivity contribution in [3.8, 4) is 17.0 Å². The van der Waals surface area contributed by atoms with Crippen molar-refractivity contribution in [1.82, 2.24) is 24.8 Å². The van der Waals surface area contributed by atoms with Gasteiger partial charge in [-0.15, -0.1) is 0 Å². The van der Waals surface area contributed by atoms with Gasteiger partial charge in [-0.1, -0.05) is 12.1 Å². The maximum absolute atomic E-state index is 12.6. The summed E-state index contributed by atoms with van der Waals surface area (Å²) in [6.45, 7) is 6.50. The first-order valence-corrected chi connectivity index (χ1v) is 10.7. The van der Waals surface area contributed by atoms with Crippen LogP contribution < -0.4 is 15.4 Å². The lowest BCUT2D eigenvalue weighted by Crippen LogP contribution is -2.28. The third kappa shape index (κ3) is 4.04. The van der Waals surface area contributed by atoms with E-state index in [1.54, 1.807) is 30.5 Å². The fourth-order valence-electron chi connectivity index (χ4n) is 3.80. The Morgan fingerprint density at radius 3 is 2.78 bits per heavy atom. The Labute approximate surface area is 185 Å². The van der Waals surface area contributed by atoms with Crippen molar-refractivity contribution in [2.24, 2.45) is 0 Å². The molecule has 2 aromatic carbocycles. The van der Waals surface area contributed by atoms with Gasteiger partial charge in [-0.25, -0.2) is 15.0 Å². The molecule has 2 N–H and O–H groups in total. The van der Waals surface area contributed by atoms with Crippen LogP contribution in [0.3, 0.4) is 0 Å². The molecule has 1 aliphatic rings. The van der Waals surface area contributed by atoms with Crippen LogP contribution in [-0.2, 0) is 13.1 Å². The second-order valence-electron chi connectivity index (χ2n) is 8.00. The minimum Gasteiger partial charge on any atom is -0.491 e. The molecule has 8 nitrogen and oxygen atoms in total. The summed E-state index contributed by atoms with van der Waals surface area (Å²) in [7, 11) is 0. The lowest BCUT2D eigenvalue weighted by Gasteiger charge is -2.17. The number of imidazole rings is 1. The second-order valence-corrected chi connectivity index (χ2v) is 8.00. The van der Waals surface area contributed by atoms with E-state index in [1.807, 2.05) is 32.2 Å². The molecule has 0 bridgehead atoms. The molecule has 0 unspecified atom stereocenters. The van der Waals surface area contributed by atoms with Crippen molar-refractivity contribution in [2.75, 3.05) is 11.9 Å². The monoisotopic (exact) mass is 428 g/mol. The van der Waals surface area contributed by atoms with Gasteiger partial charge in [-0.2, -0.15) is 0 Å². The third-order valence-electron chi connectivity index (χ3n) is 5.33. The zero-order valence-electron chi connectivity index (χ0n) is 18.0. The van der Waals surface area contributed by atoms with Crippen molar-refractivity contribution in [3.05, 3.63) is 66.2 Å². The second kappa shape index (κ2) is 8.39. The number of fused-ring (bicyclic) bond motifs is 2. The van der Waals surface area contributed by atoms with Gasteiger partial charge in [0.2, 0.25) is 5.95 Å². The quantitative estimate of drug-likeness (QED) is 0.504. The molecule has 0 saturated heterocycles. The molecule has 4 aromatic rings. The Bertz CT molecular complexity index is 1280. The molecule has 1 aliphatic heterocycles. The van der Waals surface area contributed by atoms with Crippen LogP contribution >= 0.6 is 0 Å². The van der Waals surface area contributed by atoms with Gasteiger partial charge in [-0.05, 0) is 44.2 Å². The minimum atomic E-state index is -0.269. The van der Waals surface area contributed by atoms with Gasteiger partial charge in [0.25, 0.3) is 5.91 Å². The average molecular weight is 428 g/mol. The number of nitrogens with one attached hydrogen (secondary N) is 2. The highest BCUT2D eigenvalue weighted by Gasteiger charge is 2.15. The van der Waals surface area contributed by atoms with Gasteiger partial charge < -0.3 is 14.6 Å². The summed E-state index contributed by atoms with van der Waals surface area (Å²) in [6, 6.07) is 13.1. The van der Waals surface area contributed by atoms with Gasteiger partial charge in [0.1, 0.15) is 11.6 Å². The lowest BCUT2D eigenvalue weighted by molar-refractivity contribution is 0.102. The largest absolute Gasteiger partial charge is 0.491 e. The molecule has 162 valence electrons. The maximum atomic E-state index is 12.6.